The zero-order valence-corrected chi connectivity index (χ0v) is 15.2. The fraction of sp³-hybridized carbons (Fsp3) is 0.409. The maximum atomic E-state index is 12.7. The molecule has 136 valence electrons. The van der Waals surface area contributed by atoms with Gasteiger partial charge in [-0.1, -0.05) is 55.5 Å². The van der Waals surface area contributed by atoms with Crippen LogP contribution in [0.4, 0.5) is 10.5 Å². The number of piperidine rings is 3. The van der Waals surface area contributed by atoms with Crippen molar-refractivity contribution in [1.29, 1.82) is 0 Å². The van der Waals surface area contributed by atoms with E-state index in [0.717, 1.165) is 49.2 Å². The Hall–Kier alpha value is -2.33. The van der Waals surface area contributed by atoms with Crippen molar-refractivity contribution < 1.29 is 9.53 Å². The van der Waals surface area contributed by atoms with E-state index in [1.165, 1.54) is 0 Å². The van der Waals surface area contributed by atoms with Gasteiger partial charge in [-0.3, -0.25) is 10.2 Å². The van der Waals surface area contributed by atoms with Crippen LogP contribution in [0.5, 0.6) is 0 Å². The number of carbonyl (C=O) groups excluding carboxylic acids is 1. The van der Waals surface area contributed by atoms with Gasteiger partial charge in [-0.25, -0.2) is 4.79 Å². The molecule has 4 heteroatoms. The molecule has 2 bridgehead atoms. The molecule has 3 heterocycles. The summed E-state index contributed by atoms with van der Waals surface area (Å²) >= 11 is 0. The van der Waals surface area contributed by atoms with Crippen LogP contribution in [0.1, 0.15) is 26.2 Å². The summed E-state index contributed by atoms with van der Waals surface area (Å²) in [5.74, 6) is 0.500. The third kappa shape index (κ3) is 3.34. The van der Waals surface area contributed by atoms with E-state index < -0.39 is 0 Å². The third-order valence-electron chi connectivity index (χ3n) is 5.80. The summed E-state index contributed by atoms with van der Waals surface area (Å²) in [6, 6.07) is 18.3. The van der Waals surface area contributed by atoms with Crippen LogP contribution < -0.4 is 5.32 Å². The largest absolute Gasteiger partial charge is 0.444 e. The predicted molar refractivity (Wildman–Crippen MR) is 104 cm³/mol. The van der Waals surface area contributed by atoms with E-state index in [2.05, 4.69) is 17.1 Å². The molecule has 3 aliphatic heterocycles. The Bertz CT molecular complexity index is 754. The number of rotatable bonds is 4. The van der Waals surface area contributed by atoms with Crippen LogP contribution in [0.15, 0.2) is 54.6 Å². The fourth-order valence-corrected chi connectivity index (χ4v) is 4.49. The maximum absolute atomic E-state index is 12.7. The van der Waals surface area contributed by atoms with Gasteiger partial charge in [-0.15, -0.1) is 0 Å². The quantitative estimate of drug-likeness (QED) is 0.863. The molecule has 2 atom stereocenters. The normalized spacial score (nSPS) is 27.1. The molecule has 0 radical (unpaired) electrons. The molecule has 3 fully saturated rings. The molecule has 0 aromatic heterocycles. The second-order valence-corrected chi connectivity index (χ2v) is 7.26. The van der Waals surface area contributed by atoms with Crippen LogP contribution >= 0.6 is 0 Å². The van der Waals surface area contributed by atoms with Crippen LogP contribution in [-0.4, -0.2) is 36.2 Å². The number of benzene rings is 2. The van der Waals surface area contributed by atoms with E-state index in [1.807, 2.05) is 54.6 Å². The zero-order valence-electron chi connectivity index (χ0n) is 15.2. The first-order valence-electron chi connectivity index (χ1n) is 9.62. The Kier molecular flexibility index (Phi) is 4.93. The minimum atomic E-state index is -0.342. The number of fused-ring (bicyclic) bond motifs is 3. The fourth-order valence-electron chi connectivity index (χ4n) is 4.49. The molecule has 4 nitrogen and oxygen atoms in total. The monoisotopic (exact) mass is 350 g/mol. The minimum Gasteiger partial charge on any atom is -0.444 e. The third-order valence-corrected chi connectivity index (χ3v) is 5.80. The summed E-state index contributed by atoms with van der Waals surface area (Å²) in [6.07, 6.45) is 2.95. The van der Waals surface area contributed by atoms with E-state index in [0.29, 0.717) is 12.0 Å². The van der Waals surface area contributed by atoms with Gasteiger partial charge in [0.25, 0.3) is 0 Å². The summed E-state index contributed by atoms with van der Waals surface area (Å²) in [7, 11) is 0. The number of anilines is 1. The van der Waals surface area contributed by atoms with Crippen molar-refractivity contribution in [2.45, 2.75) is 38.3 Å². The van der Waals surface area contributed by atoms with E-state index in [4.69, 9.17) is 4.74 Å². The number of nitrogens with zero attached hydrogens (tertiary/aromatic N) is 1. The van der Waals surface area contributed by atoms with Gasteiger partial charge >= 0.3 is 6.09 Å². The Labute approximate surface area is 155 Å². The molecule has 26 heavy (non-hydrogen) atoms. The van der Waals surface area contributed by atoms with Crippen molar-refractivity contribution in [3.05, 3.63) is 54.6 Å². The highest BCUT2D eigenvalue weighted by Crippen LogP contribution is 2.36. The van der Waals surface area contributed by atoms with Gasteiger partial charge in [0.2, 0.25) is 0 Å². The first-order valence-corrected chi connectivity index (χ1v) is 9.62. The van der Waals surface area contributed by atoms with Gasteiger partial charge in [0.15, 0.2) is 0 Å². The highest BCUT2D eigenvalue weighted by atomic mass is 16.6. The molecule has 5 rings (SSSR count). The highest BCUT2D eigenvalue weighted by molar-refractivity contribution is 5.91. The molecule has 2 unspecified atom stereocenters. The van der Waals surface area contributed by atoms with Crippen LogP contribution in [0.2, 0.25) is 0 Å². The van der Waals surface area contributed by atoms with Gasteiger partial charge in [0.1, 0.15) is 6.10 Å². The standard InChI is InChI=1S/C22H26N2O2/c1-2-20-21(17-12-14-24(20)15-13-17)26-22(25)23-19-11-7-6-10-18(19)16-8-4-3-5-9-16/h3-11,17,20-21H,2,12-15H2,1H3,(H,23,25). The SMILES string of the molecule is CCC1C(OC(=O)Nc2ccccc2-c2ccccc2)C2CCN1CC2. The van der Waals surface area contributed by atoms with Gasteiger partial charge in [-0.05, 0) is 44.0 Å². The van der Waals surface area contributed by atoms with Crippen LogP contribution in [0.3, 0.4) is 0 Å². The number of hydrogen-bond acceptors (Lipinski definition) is 3. The highest BCUT2D eigenvalue weighted by Gasteiger charge is 2.43. The van der Waals surface area contributed by atoms with Crippen molar-refractivity contribution in [2.24, 2.45) is 5.92 Å². The second-order valence-electron chi connectivity index (χ2n) is 7.26. The molecule has 1 amide bonds. The summed E-state index contributed by atoms with van der Waals surface area (Å²) in [4.78, 5) is 15.1. The van der Waals surface area contributed by atoms with Gasteiger partial charge in [0, 0.05) is 17.5 Å². The van der Waals surface area contributed by atoms with Crippen molar-refractivity contribution in [3.8, 4) is 11.1 Å². The van der Waals surface area contributed by atoms with Crippen molar-refractivity contribution in [1.82, 2.24) is 4.90 Å². The molecule has 0 saturated carbocycles. The van der Waals surface area contributed by atoms with Gasteiger partial charge in [-0.2, -0.15) is 0 Å². The van der Waals surface area contributed by atoms with Crippen LogP contribution in [0, 0.1) is 5.92 Å². The Morgan fingerprint density at radius 1 is 1.08 bits per heavy atom. The molecule has 0 spiro atoms. The Morgan fingerprint density at radius 2 is 1.77 bits per heavy atom. The lowest BCUT2D eigenvalue weighted by molar-refractivity contribution is -0.0754. The number of hydrogen-bond donors (Lipinski definition) is 1. The molecular weight excluding hydrogens is 324 g/mol. The minimum absolute atomic E-state index is 0.00591. The first kappa shape index (κ1) is 17.1. The number of para-hydroxylation sites is 1. The second kappa shape index (κ2) is 7.50. The topological polar surface area (TPSA) is 41.6 Å². The van der Waals surface area contributed by atoms with Gasteiger partial charge in [0.05, 0.1) is 5.69 Å². The van der Waals surface area contributed by atoms with Crippen molar-refractivity contribution in [2.75, 3.05) is 18.4 Å². The van der Waals surface area contributed by atoms with Crippen LogP contribution in [0.25, 0.3) is 11.1 Å². The van der Waals surface area contributed by atoms with E-state index in [1.54, 1.807) is 0 Å². The first-order chi connectivity index (χ1) is 12.8. The number of carbonyl (C=O) groups is 1. The summed E-state index contributed by atoms with van der Waals surface area (Å²) in [5, 5.41) is 2.98. The lowest BCUT2D eigenvalue weighted by Crippen LogP contribution is -2.59. The maximum Gasteiger partial charge on any atom is 0.411 e. The van der Waals surface area contributed by atoms with E-state index >= 15 is 0 Å². The molecule has 3 aliphatic rings. The molecule has 0 aliphatic carbocycles. The predicted octanol–water partition coefficient (Wildman–Crippen LogP) is 4.77. The van der Waals surface area contributed by atoms with Crippen molar-refractivity contribution >= 4 is 11.8 Å². The molecule has 1 N–H and O–H groups in total. The molecule has 2 aromatic carbocycles. The summed E-state index contributed by atoms with van der Waals surface area (Å²) in [6.45, 7) is 4.47. The van der Waals surface area contributed by atoms with Crippen LogP contribution in [-0.2, 0) is 4.74 Å². The average molecular weight is 350 g/mol. The smallest absolute Gasteiger partial charge is 0.411 e. The summed E-state index contributed by atoms with van der Waals surface area (Å²) < 4.78 is 5.93. The molecule has 2 aromatic rings. The van der Waals surface area contributed by atoms with Crippen molar-refractivity contribution in [3.63, 3.8) is 0 Å². The lowest BCUT2D eigenvalue weighted by Gasteiger charge is -2.49. The number of nitrogens with one attached hydrogen (secondary N) is 1. The lowest BCUT2D eigenvalue weighted by atomic mass is 9.79. The van der Waals surface area contributed by atoms with E-state index in [9.17, 15) is 4.79 Å². The summed E-state index contributed by atoms with van der Waals surface area (Å²) in [5.41, 5.74) is 2.88. The number of ether oxygens (including phenoxy) is 1. The average Bonchev–Trinajstić information content (AvgIpc) is 2.70. The zero-order chi connectivity index (χ0) is 17.9. The van der Waals surface area contributed by atoms with E-state index in [-0.39, 0.29) is 12.2 Å². The molecular formula is C22H26N2O2. The molecule has 3 saturated heterocycles. The Morgan fingerprint density at radius 3 is 2.50 bits per heavy atom. The van der Waals surface area contributed by atoms with Gasteiger partial charge < -0.3 is 4.74 Å². The Balaban J connectivity index is 1.49. The number of amides is 1.